The van der Waals surface area contributed by atoms with E-state index in [2.05, 4.69) is 18.1 Å². The molecule has 0 aliphatic carbocycles. The van der Waals surface area contributed by atoms with Crippen molar-refractivity contribution >= 4 is 0 Å². The summed E-state index contributed by atoms with van der Waals surface area (Å²) in [5.41, 5.74) is 1.65. The molecule has 0 saturated heterocycles. The summed E-state index contributed by atoms with van der Waals surface area (Å²) in [6, 6.07) is 0. The molecule has 0 spiro atoms. The number of aromatic nitrogens is 2. The fourth-order valence-electron chi connectivity index (χ4n) is 1.54. The Morgan fingerprint density at radius 3 is 2.89 bits per heavy atom. The van der Waals surface area contributed by atoms with Crippen molar-refractivity contribution in [2.45, 2.75) is 13.0 Å². The van der Waals surface area contributed by atoms with Crippen LogP contribution < -0.4 is 0 Å². The van der Waals surface area contributed by atoms with Crippen LogP contribution in [0.1, 0.15) is 5.69 Å². The monoisotopic (exact) mass is 248 g/mol. The number of aliphatic hydroxyl groups excluding tert-OH is 1. The van der Waals surface area contributed by atoms with Crippen LogP contribution in [0.2, 0.25) is 0 Å². The van der Waals surface area contributed by atoms with E-state index in [0.717, 1.165) is 17.3 Å². The summed E-state index contributed by atoms with van der Waals surface area (Å²) < 4.78 is 15.0. The lowest BCUT2D eigenvalue weighted by Gasteiger charge is -2.08. The molecule has 1 heterocycles. The second kappa shape index (κ2) is 7.40. The summed E-state index contributed by atoms with van der Waals surface area (Å²) in [6.07, 6.45) is 9.75. The van der Waals surface area contributed by atoms with Crippen molar-refractivity contribution in [3.63, 3.8) is 0 Å². The van der Waals surface area contributed by atoms with E-state index in [1.54, 1.807) is 24.7 Å². The molecule has 1 aromatic rings. The van der Waals surface area contributed by atoms with E-state index in [4.69, 9.17) is 5.11 Å². The molecule has 0 amide bonds. The number of hydrogen-bond donors (Lipinski definition) is 1. The molecule has 1 N–H and O–H groups in total. The van der Waals surface area contributed by atoms with E-state index in [-0.39, 0.29) is 6.61 Å². The van der Waals surface area contributed by atoms with Crippen molar-refractivity contribution < 1.29 is 9.50 Å². The molecule has 0 aliphatic heterocycles. The Hall–Kier alpha value is -1.94. The molecule has 0 radical (unpaired) electrons. The van der Waals surface area contributed by atoms with Crippen molar-refractivity contribution in [2.75, 3.05) is 6.61 Å². The van der Waals surface area contributed by atoms with Gasteiger partial charge in [-0.2, -0.15) is 0 Å². The number of hydrogen-bond acceptors (Lipinski definition) is 2. The fraction of sp³-hybridized carbons (Fsp3) is 0.214. The number of nitrogens with zero attached hydrogens (tertiary/aromatic N) is 2. The average Bonchev–Trinajstić information content (AvgIpc) is 2.77. The summed E-state index contributed by atoms with van der Waals surface area (Å²) in [4.78, 5) is 4.02. The van der Waals surface area contributed by atoms with E-state index >= 15 is 0 Å². The van der Waals surface area contributed by atoms with Gasteiger partial charge < -0.3 is 9.67 Å². The third-order valence-corrected chi connectivity index (χ3v) is 2.37. The molecule has 0 aliphatic rings. The summed E-state index contributed by atoms with van der Waals surface area (Å²) in [5, 5.41) is 8.93. The molecule has 0 unspecified atom stereocenters. The van der Waals surface area contributed by atoms with Crippen LogP contribution in [-0.2, 0) is 13.0 Å². The van der Waals surface area contributed by atoms with Crippen LogP contribution in [-0.4, -0.2) is 21.3 Å². The Morgan fingerprint density at radius 1 is 1.50 bits per heavy atom. The van der Waals surface area contributed by atoms with Crippen molar-refractivity contribution in [1.82, 2.24) is 9.55 Å². The third-order valence-electron chi connectivity index (χ3n) is 2.37. The quantitative estimate of drug-likeness (QED) is 0.753. The minimum atomic E-state index is -0.396. The molecular formula is C14H17FN2O. The maximum Gasteiger partial charge on any atom is 0.122 e. The van der Waals surface area contributed by atoms with Crippen LogP contribution in [0.15, 0.2) is 61.4 Å². The Labute approximate surface area is 106 Å². The van der Waals surface area contributed by atoms with Gasteiger partial charge in [0.2, 0.25) is 0 Å². The lowest BCUT2D eigenvalue weighted by molar-refractivity contribution is 0.296. The van der Waals surface area contributed by atoms with E-state index in [0.29, 0.717) is 13.0 Å². The van der Waals surface area contributed by atoms with Crippen LogP contribution in [0.5, 0.6) is 0 Å². The van der Waals surface area contributed by atoms with Gasteiger partial charge in [-0.1, -0.05) is 25.3 Å². The third kappa shape index (κ3) is 4.14. The van der Waals surface area contributed by atoms with Crippen LogP contribution in [0, 0.1) is 0 Å². The van der Waals surface area contributed by atoms with Crippen LogP contribution in [0.4, 0.5) is 4.39 Å². The number of aliphatic hydroxyl groups is 1. The Kier molecular flexibility index (Phi) is 5.80. The molecule has 1 aromatic heterocycles. The number of halogens is 1. The first kappa shape index (κ1) is 14.1. The normalized spacial score (nSPS) is 12.6. The zero-order chi connectivity index (χ0) is 13.4. The first-order valence-corrected chi connectivity index (χ1v) is 5.62. The molecule has 18 heavy (non-hydrogen) atoms. The van der Waals surface area contributed by atoms with Gasteiger partial charge in [-0.25, -0.2) is 9.37 Å². The first-order chi connectivity index (χ1) is 8.71. The van der Waals surface area contributed by atoms with E-state index < -0.39 is 5.83 Å². The van der Waals surface area contributed by atoms with Gasteiger partial charge in [0.15, 0.2) is 0 Å². The van der Waals surface area contributed by atoms with Gasteiger partial charge in [-0.15, -0.1) is 0 Å². The molecule has 96 valence electrons. The first-order valence-electron chi connectivity index (χ1n) is 5.62. The van der Waals surface area contributed by atoms with E-state index in [1.807, 2.05) is 4.57 Å². The maximum absolute atomic E-state index is 13.2. The summed E-state index contributed by atoms with van der Waals surface area (Å²) in [7, 11) is 0. The largest absolute Gasteiger partial charge is 0.396 e. The molecule has 0 atom stereocenters. The zero-order valence-electron chi connectivity index (χ0n) is 10.2. The summed E-state index contributed by atoms with van der Waals surface area (Å²) >= 11 is 0. The van der Waals surface area contributed by atoms with Crippen LogP contribution >= 0.6 is 0 Å². The van der Waals surface area contributed by atoms with Crippen molar-refractivity contribution in [1.29, 1.82) is 0 Å². The van der Waals surface area contributed by atoms with Gasteiger partial charge in [-0.05, 0) is 17.7 Å². The smallest absolute Gasteiger partial charge is 0.122 e. The number of rotatable bonds is 7. The minimum absolute atomic E-state index is 0.0586. The lowest BCUT2D eigenvalue weighted by atomic mass is 10.2. The molecule has 3 nitrogen and oxygen atoms in total. The highest BCUT2D eigenvalue weighted by Gasteiger charge is 2.03. The van der Waals surface area contributed by atoms with Gasteiger partial charge >= 0.3 is 0 Å². The fourth-order valence-corrected chi connectivity index (χ4v) is 1.54. The molecule has 1 rings (SSSR count). The van der Waals surface area contributed by atoms with Crippen molar-refractivity contribution in [3.8, 4) is 0 Å². The second-order valence-corrected chi connectivity index (χ2v) is 3.70. The predicted molar refractivity (Wildman–Crippen MR) is 70.7 cm³/mol. The highest BCUT2D eigenvalue weighted by atomic mass is 19.1. The molecule has 0 fully saturated rings. The molecule has 0 saturated carbocycles. The second-order valence-electron chi connectivity index (χ2n) is 3.70. The molecular weight excluding hydrogens is 231 g/mol. The highest BCUT2D eigenvalue weighted by Crippen LogP contribution is 2.10. The summed E-state index contributed by atoms with van der Waals surface area (Å²) in [5.74, 6) is -0.396. The van der Waals surface area contributed by atoms with Crippen LogP contribution in [0.3, 0.4) is 0 Å². The van der Waals surface area contributed by atoms with Gasteiger partial charge in [0.05, 0.1) is 6.33 Å². The van der Waals surface area contributed by atoms with Gasteiger partial charge in [0, 0.05) is 31.5 Å². The topological polar surface area (TPSA) is 38.0 Å². The van der Waals surface area contributed by atoms with Gasteiger partial charge in [0.1, 0.15) is 5.83 Å². The Bertz CT molecular complexity index is 472. The number of imidazole rings is 1. The Balaban J connectivity index is 2.90. The van der Waals surface area contributed by atoms with E-state index in [1.165, 1.54) is 6.08 Å². The van der Waals surface area contributed by atoms with Crippen molar-refractivity contribution in [2.24, 2.45) is 0 Å². The van der Waals surface area contributed by atoms with Gasteiger partial charge in [0.25, 0.3) is 0 Å². The maximum atomic E-state index is 13.2. The van der Waals surface area contributed by atoms with Crippen LogP contribution in [0.25, 0.3) is 0 Å². The average molecular weight is 248 g/mol. The van der Waals surface area contributed by atoms with Crippen molar-refractivity contribution in [3.05, 3.63) is 67.1 Å². The zero-order valence-corrected chi connectivity index (χ0v) is 10.2. The van der Waals surface area contributed by atoms with Gasteiger partial charge in [-0.3, -0.25) is 0 Å². The minimum Gasteiger partial charge on any atom is -0.396 e. The standard InChI is InChI=1S/C14H17FN2O/c1-3-5-12(8-13(15)4-2)10-17-11-16-9-14(17)6-7-18/h3-5,8-9,11,18H,1-2,6-7,10H2/b12-5+,13-8+. The van der Waals surface area contributed by atoms with E-state index in [9.17, 15) is 4.39 Å². The number of allylic oxidation sites excluding steroid dienone is 6. The Morgan fingerprint density at radius 2 is 2.28 bits per heavy atom. The summed E-state index contributed by atoms with van der Waals surface area (Å²) in [6.45, 7) is 7.51. The molecule has 0 bridgehead atoms. The predicted octanol–water partition coefficient (Wildman–Crippen LogP) is 2.57. The highest BCUT2D eigenvalue weighted by molar-refractivity contribution is 5.28. The lowest BCUT2D eigenvalue weighted by Crippen LogP contribution is -2.05. The molecule has 0 aromatic carbocycles. The molecule has 4 heteroatoms. The SMILES string of the molecule is C=C/C=C(\C=C(\F)C=C)Cn1cncc1CCO.